The Balaban J connectivity index is 2.42. The highest BCUT2D eigenvalue weighted by molar-refractivity contribution is 5.61. The van der Waals surface area contributed by atoms with E-state index in [-0.39, 0.29) is 5.69 Å². The van der Waals surface area contributed by atoms with Crippen LogP contribution in [-0.4, -0.2) is 22.0 Å². The van der Waals surface area contributed by atoms with Crippen molar-refractivity contribution in [1.82, 2.24) is 9.97 Å². The van der Waals surface area contributed by atoms with Gasteiger partial charge in [-0.1, -0.05) is 6.92 Å². The molecule has 0 atom stereocenters. The number of nitro groups is 1. The average molecular weight is 259 g/mol. The fraction of sp³-hybridized carbons (Fsp3) is 0.231. The van der Waals surface area contributed by atoms with Crippen LogP contribution >= 0.6 is 0 Å². The Morgan fingerprint density at radius 2 is 1.95 bits per heavy atom. The molecule has 1 aromatic heterocycles. The molecule has 0 N–H and O–H groups in total. The van der Waals surface area contributed by atoms with Crippen LogP contribution in [-0.2, 0) is 6.42 Å². The Labute approximate surface area is 110 Å². The maximum absolute atomic E-state index is 10.6. The van der Waals surface area contributed by atoms with E-state index in [1.807, 2.05) is 13.0 Å². The van der Waals surface area contributed by atoms with Gasteiger partial charge in [0.05, 0.1) is 17.7 Å². The van der Waals surface area contributed by atoms with Crippen LogP contribution in [0, 0.1) is 10.1 Å². The fourth-order valence-corrected chi connectivity index (χ4v) is 1.65. The number of non-ortho nitro benzene ring substituents is 1. The van der Waals surface area contributed by atoms with E-state index in [2.05, 4.69) is 9.97 Å². The first-order valence-electron chi connectivity index (χ1n) is 5.80. The van der Waals surface area contributed by atoms with E-state index in [1.54, 1.807) is 12.1 Å². The molecule has 1 aromatic carbocycles. The fourth-order valence-electron chi connectivity index (χ4n) is 1.65. The van der Waals surface area contributed by atoms with Gasteiger partial charge in [0.15, 0.2) is 0 Å². The molecule has 0 unspecified atom stereocenters. The number of hydrogen-bond donors (Lipinski definition) is 0. The summed E-state index contributed by atoms with van der Waals surface area (Å²) >= 11 is 0. The number of nitro benzene ring substituents is 1. The van der Waals surface area contributed by atoms with Crippen molar-refractivity contribution in [2.45, 2.75) is 13.3 Å². The first kappa shape index (κ1) is 12.9. The summed E-state index contributed by atoms with van der Waals surface area (Å²) in [6, 6.07) is 8.39. The molecule has 0 saturated heterocycles. The maximum atomic E-state index is 10.6. The molecule has 1 heterocycles. The summed E-state index contributed by atoms with van der Waals surface area (Å²) in [6.45, 7) is 1.99. The number of ether oxygens (including phenoxy) is 1. The van der Waals surface area contributed by atoms with Gasteiger partial charge in [-0.05, 0) is 24.6 Å². The summed E-state index contributed by atoms with van der Waals surface area (Å²) in [5.41, 5.74) is 2.40. The van der Waals surface area contributed by atoms with E-state index in [4.69, 9.17) is 4.74 Å². The van der Waals surface area contributed by atoms with Gasteiger partial charge in [0, 0.05) is 23.4 Å². The third-order valence-corrected chi connectivity index (χ3v) is 2.68. The lowest BCUT2D eigenvalue weighted by molar-refractivity contribution is -0.384. The lowest BCUT2D eigenvalue weighted by Gasteiger charge is -2.05. The van der Waals surface area contributed by atoms with Crippen molar-refractivity contribution < 1.29 is 9.66 Å². The topological polar surface area (TPSA) is 78.2 Å². The molecule has 2 aromatic rings. The van der Waals surface area contributed by atoms with Crippen molar-refractivity contribution in [3.63, 3.8) is 0 Å². The van der Waals surface area contributed by atoms with E-state index in [9.17, 15) is 10.1 Å². The number of benzene rings is 1. The monoisotopic (exact) mass is 259 g/mol. The smallest absolute Gasteiger partial charge is 0.316 e. The minimum Gasteiger partial charge on any atom is -0.467 e. The predicted molar refractivity (Wildman–Crippen MR) is 70.1 cm³/mol. The van der Waals surface area contributed by atoms with Crippen molar-refractivity contribution in [1.29, 1.82) is 0 Å². The van der Waals surface area contributed by atoms with E-state index < -0.39 is 4.92 Å². The SMILES string of the molecule is CCc1cc(-c2ccc([N+](=O)[O-])cc2)nc(OC)n1. The highest BCUT2D eigenvalue weighted by Gasteiger charge is 2.09. The standard InChI is InChI=1S/C13H13N3O3/c1-3-10-8-12(15-13(14-10)19-2)9-4-6-11(7-5-9)16(17)18/h4-8H,3H2,1-2H3. The Hall–Kier alpha value is -2.50. The number of aromatic nitrogens is 2. The molecule has 0 saturated carbocycles. The second-order valence-corrected chi connectivity index (χ2v) is 3.89. The first-order chi connectivity index (χ1) is 9.13. The van der Waals surface area contributed by atoms with Crippen LogP contribution in [0.15, 0.2) is 30.3 Å². The second-order valence-electron chi connectivity index (χ2n) is 3.89. The molecule has 98 valence electrons. The van der Waals surface area contributed by atoms with Crippen molar-refractivity contribution in [3.05, 3.63) is 46.1 Å². The molecule has 19 heavy (non-hydrogen) atoms. The molecule has 0 bridgehead atoms. The lowest BCUT2D eigenvalue weighted by atomic mass is 10.1. The second kappa shape index (κ2) is 5.43. The van der Waals surface area contributed by atoms with Crippen LogP contribution in [0.1, 0.15) is 12.6 Å². The molecule has 0 aliphatic heterocycles. The average Bonchev–Trinajstić information content (AvgIpc) is 2.46. The highest BCUT2D eigenvalue weighted by atomic mass is 16.6. The van der Waals surface area contributed by atoms with Crippen LogP contribution < -0.4 is 4.74 Å². The van der Waals surface area contributed by atoms with Crippen molar-refractivity contribution in [2.75, 3.05) is 7.11 Å². The van der Waals surface area contributed by atoms with Crippen LogP contribution in [0.4, 0.5) is 5.69 Å². The van der Waals surface area contributed by atoms with E-state index in [0.717, 1.165) is 17.7 Å². The zero-order valence-corrected chi connectivity index (χ0v) is 10.7. The van der Waals surface area contributed by atoms with E-state index >= 15 is 0 Å². The van der Waals surface area contributed by atoms with Crippen LogP contribution in [0.2, 0.25) is 0 Å². The molecule has 0 fully saturated rings. The predicted octanol–water partition coefficient (Wildman–Crippen LogP) is 2.62. The van der Waals surface area contributed by atoms with Crippen LogP contribution in [0.25, 0.3) is 11.3 Å². The number of aryl methyl sites for hydroxylation is 1. The minimum atomic E-state index is -0.429. The minimum absolute atomic E-state index is 0.0560. The first-order valence-corrected chi connectivity index (χ1v) is 5.80. The number of nitrogens with zero attached hydrogens (tertiary/aromatic N) is 3. The Kier molecular flexibility index (Phi) is 3.70. The molecule has 6 nitrogen and oxygen atoms in total. The number of methoxy groups -OCH3 is 1. The summed E-state index contributed by atoms with van der Waals surface area (Å²) in [6.07, 6.45) is 0.763. The third-order valence-electron chi connectivity index (χ3n) is 2.68. The molecular formula is C13H13N3O3. The zero-order valence-electron chi connectivity index (χ0n) is 10.7. The van der Waals surface area contributed by atoms with Gasteiger partial charge >= 0.3 is 6.01 Å². The quantitative estimate of drug-likeness (QED) is 0.623. The summed E-state index contributed by atoms with van der Waals surface area (Å²) in [7, 11) is 1.51. The molecular weight excluding hydrogens is 246 g/mol. The van der Waals surface area contributed by atoms with Crippen LogP contribution in [0.3, 0.4) is 0 Å². The molecule has 2 rings (SSSR count). The van der Waals surface area contributed by atoms with Gasteiger partial charge in [0.2, 0.25) is 0 Å². The van der Waals surface area contributed by atoms with Gasteiger partial charge in [-0.15, -0.1) is 0 Å². The molecule has 0 radical (unpaired) electrons. The highest BCUT2D eigenvalue weighted by Crippen LogP contribution is 2.22. The number of rotatable bonds is 4. The molecule has 0 spiro atoms. The largest absolute Gasteiger partial charge is 0.467 e. The summed E-state index contributed by atoms with van der Waals surface area (Å²) < 4.78 is 5.05. The van der Waals surface area contributed by atoms with Crippen molar-refractivity contribution >= 4 is 5.69 Å². The van der Waals surface area contributed by atoms with Crippen LogP contribution in [0.5, 0.6) is 6.01 Å². The molecule has 0 aliphatic rings. The Morgan fingerprint density at radius 1 is 1.26 bits per heavy atom. The third kappa shape index (κ3) is 2.85. The van der Waals surface area contributed by atoms with Crippen molar-refractivity contribution in [2.24, 2.45) is 0 Å². The summed E-state index contributed by atoms with van der Waals surface area (Å²) in [4.78, 5) is 18.6. The molecule has 0 amide bonds. The van der Waals surface area contributed by atoms with Gasteiger partial charge in [0.25, 0.3) is 5.69 Å². The van der Waals surface area contributed by atoms with E-state index in [1.165, 1.54) is 19.2 Å². The number of hydrogen-bond acceptors (Lipinski definition) is 5. The summed E-state index contributed by atoms with van der Waals surface area (Å²) in [5.74, 6) is 0. The van der Waals surface area contributed by atoms with Gasteiger partial charge in [-0.3, -0.25) is 10.1 Å². The van der Waals surface area contributed by atoms with Gasteiger partial charge in [-0.2, -0.15) is 4.98 Å². The molecule has 6 heteroatoms. The maximum Gasteiger partial charge on any atom is 0.316 e. The van der Waals surface area contributed by atoms with Crippen molar-refractivity contribution in [3.8, 4) is 17.3 Å². The van der Waals surface area contributed by atoms with E-state index in [0.29, 0.717) is 11.7 Å². The van der Waals surface area contributed by atoms with Gasteiger partial charge in [0.1, 0.15) is 0 Å². The lowest BCUT2D eigenvalue weighted by Crippen LogP contribution is -1.98. The molecule has 0 aliphatic carbocycles. The Morgan fingerprint density at radius 3 is 2.47 bits per heavy atom. The van der Waals surface area contributed by atoms with Gasteiger partial charge in [-0.25, -0.2) is 4.98 Å². The Bertz CT molecular complexity index is 574. The van der Waals surface area contributed by atoms with Gasteiger partial charge < -0.3 is 4.74 Å². The zero-order chi connectivity index (χ0) is 13.8. The summed E-state index contributed by atoms with van der Waals surface area (Å²) in [5, 5.41) is 10.6. The normalized spacial score (nSPS) is 10.2.